The molecule has 0 spiro atoms. The molecular formula is C21H33N5O2. The Hall–Kier alpha value is -1.76. The van der Waals surface area contributed by atoms with Crippen LogP contribution >= 0.6 is 0 Å². The molecule has 28 heavy (non-hydrogen) atoms. The van der Waals surface area contributed by atoms with Crippen molar-refractivity contribution in [3.05, 3.63) is 0 Å². The fourth-order valence-electron chi connectivity index (χ4n) is 5.30. The van der Waals surface area contributed by atoms with Gasteiger partial charge in [-0.2, -0.15) is 5.10 Å². The lowest BCUT2D eigenvalue weighted by Crippen LogP contribution is -2.48. The van der Waals surface area contributed by atoms with Crippen molar-refractivity contribution in [1.29, 1.82) is 0 Å². The fraction of sp³-hybridized carbons (Fsp3) is 0.810. The van der Waals surface area contributed by atoms with Gasteiger partial charge in [0.1, 0.15) is 5.84 Å². The van der Waals surface area contributed by atoms with Crippen molar-refractivity contribution >= 4 is 23.7 Å². The largest absolute Gasteiger partial charge is 0.380 e. The molecule has 4 aliphatic heterocycles. The Balaban J connectivity index is 1.65. The van der Waals surface area contributed by atoms with Crippen LogP contribution in [-0.2, 0) is 9.53 Å². The van der Waals surface area contributed by atoms with Crippen molar-refractivity contribution in [1.82, 2.24) is 9.91 Å². The van der Waals surface area contributed by atoms with E-state index in [0.29, 0.717) is 0 Å². The number of nitrogens with zero attached hydrogens (tertiary/aromatic N) is 5. The van der Waals surface area contributed by atoms with Gasteiger partial charge in [0.05, 0.1) is 35.9 Å². The predicted molar refractivity (Wildman–Crippen MR) is 111 cm³/mol. The van der Waals surface area contributed by atoms with E-state index in [9.17, 15) is 4.79 Å². The summed E-state index contributed by atoms with van der Waals surface area (Å²) in [7, 11) is 1.76. The molecular weight excluding hydrogens is 354 g/mol. The maximum absolute atomic E-state index is 13.4. The molecule has 4 rings (SSSR count). The van der Waals surface area contributed by atoms with Crippen LogP contribution in [0.25, 0.3) is 0 Å². The zero-order valence-corrected chi connectivity index (χ0v) is 17.8. The van der Waals surface area contributed by atoms with Crippen LogP contribution in [0.5, 0.6) is 0 Å². The second kappa shape index (κ2) is 7.25. The number of ether oxygens (including phenoxy) is 1. The third kappa shape index (κ3) is 3.08. The predicted octanol–water partition coefficient (Wildman–Crippen LogP) is 2.22. The summed E-state index contributed by atoms with van der Waals surface area (Å²) in [6.07, 6.45) is 4.94. The smallest absolute Gasteiger partial charge is 0.237 e. The molecule has 1 saturated heterocycles. The van der Waals surface area contributed by atoms with E-state index in [-0.39, 0.29) is 35.8 Å². The van der Waals surface area contributed by atoms with Gasteiger partial charge in [0.25, 0.3) is 0 Å². The number of hydrogen-bond donors (Lipinski definition) is 0. The van der Waals surface area contributed by atoms with Gasteiger partial charge in [0.2, 0.25) is 5.91 Å². The van der Waals surface area contributed by atoms with E-state index in [2.05, 4.69) is 38.9 Å². The van der Waals surface area contributed by atoms with Gasteiger partial charge in [-0.3, -0.25) is 24.7 Å². The normalized spacial score (nSPS) is 37.2. The maximum atomic E-state index is 13.4. The number of aliphatic imine (C=N–C) groups is 2. The molecule has 0 aromatic heterocycles. The van der Waals surface area contributed by atoms with Gasteiger partial charge in [-0.1, -0.05) is 6.92 Å². The molecule has 0 aromatic rings. The van der Waals surface area contributed by atoms with E-state index >= 15 is 0 Å². The number of amidine groups is 1. The molecule has 5 atom stereocenters. The molecule has 7 heteroatoms. The summed E-state index contributed by atoms with van der Waals surface area (Å²) in [5.74, 6) is 1.52. The lowest BCUT2D eigenvalue weighted by molar-refractivity contribution is -0.130. The van der Waals surface area contributed by atoms with Gasteiger partial charge in [-0.25, -0.2) is 0 Å². The summed E-state index contributed by atoms with van der Waals surface area (Å²) in [4.78, 5) is 25.1. The van der Waals surface area contributed by atoms with Gasteiger partial charge in [0.15, 0.2) is 0 Å². The van der Waals surface area contributed by atoms with Crippen LogP contribution in [0.4, 0.5) is 0 Å². The molecule has 5 unspecified atom stereocenters. The zero-order valence-electron chi connectivity index (χ0n) is 17.8. The van der Waals surface area contributed by atoms with Gasteiger partial charge in [-0.05, 0) is 39.5 Å². The van der Waals surface area contributed by atoms with Crippen molar-refractivity contribution < 1.29 is 9.53 Å². The highest BCUT2D eigenvalue weighted by Crippen LogP contribution is 2.43. The van der Waals surface area contributed by atoms with Gasteiger partial charge >= 0.3 is 0 Å². The number of hydrogen-bond acceptors (Lipinski definition) is 6. The van der Waals surface area contributed by atoms with E-state index in [1.54, 1.807) is 7.11 Å². The van der Waals surface area contributed by atoms with Gasteiger partial charge in [-0.15, -0.1) is 0 Å². The monoisotopic (exact) mass is 387 g/mol. The van der Waals surface area contributed by atoms with Crippen molar-refractivity contribution in [3.63, 3.8) is 0 Å². The molecule has 0 N–H and O–H groups in total. The first-order valence-corrected chi connectivity index (χ1v) is 10.6. The first-order chi connectivity index (χ1) is 13.4. The number of amides is 1. The Bertz CT molecular complexity index is 728. The van der Waals surface area contributed by atoms with Crippen molar-refractivity contribution in [2.75, 3.05) is 26.7 Å². The van der Waals surface area contributed by atoms with Crippen LogP contribution in [-0.4, -0.2) is 78.0 Å². The summed E-state index contributed by atoms with van der Waals surface area (Å²) in [6.45, 7) is 11.0. The van der Waals surface area contributed by atoms with Crippen molar-refractivity contribution in [2.45, 2.75) is 64.6 Å². The molecule has 0 radical (unpaired) electrons. The summed E-state index contributed by atoms with van der Waals surface area (Å²) in [5.41, 5.74) is 0.607. The standard InChI is InChI=1S/C21H33N5O2/c1-6-25-8-7-17(24-25)26-20(27)18-13(2)9-16(23-19(18)21(26,3)4)14-10-15(28-5)12-22-11-14/h11,13-16,18H,6-10,12H2,1-5H3. The maximum Gasteiger partial charge on any atom is 0.237 e. The van der Waals surface area contributed by atoms with Crippen LogP contribution in [0, 0.1) is 17.8 Å². The number of rotatable bonds is 3. The minimum Gasteiger partial charge on any atom is -0.380 e. The molecule has 7 nitrogen and oxygen atoms in total. The molecule has 4 heterocycles. The highest BCUT2D eigenvalue weighted by molar-refractivity contribution is 6.21. The number of carbonyl (C=O) groups excluding carboxylic acids is 1. The highest BCUT2D eigenvalue weighted by Gasteiger charge is 2.56. The highest BCUT2D eigenvalue weighted by atomic mass is 16.5. The van der Waals surface area contributed by atoms with Crippen LogP contribution in [0.3, 0.4) is 0 Å². The number of likely N-dealkylation sites (tertiary alicyclic amines) is 1. The lowest BCUT2D eigenvalue weighted by Gasteiger charge is -2.36. The van der Waals surface area contributed by atoms with E-state index < -0.39 is 5.54 Å². The molecule has 0 bridgehead atoms. The third-order valence-corrected chi connectivity index (χ3v) is 6.90. The molecule has 154 valence electrons. The summed E-state index contributed by atoms with van der Waals surface area (Å²) in [6, 6.07) is 0.174. The Morgan fingerprint density at radius 2 is 2.11 bits per heavy atom. The SMILES string of the molecule is CCN1CCC(N2C(=O)C3C(=NC(C4C=NCC(OC)C4)CC3C)C2(C)C)=N1. The van der Waals surface area contributed by atoms with Crippen LogP contribution < -0.4 is 0 Å². The molecule has 0 aromatic carbocycles. The number of carbonyl (C=O) groups is 1. The number of fused-ring (bicyclic) bond motifs is 1. The minimum atomic E-state index is -0.427. The first kappa shape index (κ1) is 19.6. The van der Waals surface area contributed by atoms with Crippen LogP contribution in [0.15, 0.2) is 15.1 Å². The minimum absolute atomic E-state index is 0.122. The quantitative estimate of drug-likeness (QED) is 0.746. The number of hydrazone groups is 1. The average molecular weight is 388 g/mol. The second-order valence-electron chi connectivity index (χ2n) is 9.09. The average Bonchev–Trinajstić information content (AvgIpc) is 3.22. The fourth-order valence-corrected chi connectivity index (χ4v) is 5.30. The van der Waals surface area contributed by atoms with E-state index in [4.69, 9.17) is 14.8 Å². The van der Waals surface area contributed by atoms with E-state index in [0.717, 1.165) is 50.4 Å². The molecule has 0 saturated carbocycles. The molecule has 1 fully saturated rings. The summed E-state index contributed by atoms with van der Waals surface area (Å²) < 4.78 is 5.54. The second-order valence-corrected chi connectivity index (χ2v) is 9.09. The lowest BCUT2D eigenvalue weighted by atomic mass is 9.75. The first-order valence-electron chi connectivity index (χ1n) is 10.6. The Morgan fingerprint density at radius 1 is 1.32 bits per heavy atom. The topological polar surface area (TPSA) is 69.9 Å². The zero-order chi connectivity index (χ0) is 20.1. The Morgan fingerprint density at radius 3 is 2.79 bits per heavy atom. The summed E-state index contributed by atoms with van der Waals surface area (Å²) in [5, 5.41) is 6.75. The van der Waals surface area contributed by atoms with E-state index in [1.165, 1.54) is 0 Å². The third-order valence-electron chi connectivity index (χ3n) is 6.90. The summed E-state index contributed by atoms with van der Waals surface area (Å²) >= 11 is 0. The van der Waals surface area contributed by atoms with Crippen molar-refractivity contribution in [2.24, 2.45) is 32.8 Å². The van der Waals surface area contributed by atoms with Crippen LogP contribution in [0.1, 0.15) is 47.0 Å². The molecule has 0 aliphatic carbocycles. The number of methoxy groups -OCH3 is 1. The Kier molecular flexibility index (Phi) is 5.06. The van der Waals surface area contributed by atoms with E-state index in [1.807, 2.05) is 9.91 Å². The Labute approximate surface area is 167 Å². The van der Waals surface area contributed by atoms with Crippen molar-refractivity contribution in [3.8, 4) is 0 Å². The molecule has 1 amide bonds. The van der Waals surface area contributed by atoms with Crippen LogP contribution in [0.2, 0.25) is 0 Å². The molecule has 4 aliphatic rings. The van der Waals surface area contributed by atoms with Gasteiger partial charge < -0.3 is 4.74 Å². The van der Waals surface area contributed by atoms with Gasteiger partial charge in [0, 0.05) is 38.8 Å².